The van der Waals surface area contributed by atoms with Crippen LogP contribution in [0.15, 0.2) is 40.9 Å². The van der Waals surface area contributed by atoms with Crippen molar-refractivity contribution in [1.29, 1.82) is 0 Å². The van der Waals surface area contributed by atoms with Gasteiger partial charge in [-0.05, 0) is 107 Å². The van der Waals surface area contributed by atoms with E-state index in [9.17, 15) is 0 Å². The van der Waals surface area contributed by atoms with E-state index < -0.39 is 0 Å². The zero-order chi connectivity index (χ0) is 24.4. The maximum Gasteiger partial charge on any atom is 0.0427 e. The summed E-state index contributed by atoms with van der Waals surface area (Å²) in [4.78, 5) is 7.07. The monoisotopic (exact) mass is 466 g/mol. The topological polar surface area (TPSA) is 39.7 Å². The molecule has 0 atom stereocenters. The van der Waals surface area contributed by atoms with Crippen LogP contribution in [0.2, 0.25) is 0 Å². The number of aliphatic imine (C=N–C) groups is 1. The van der Waals surface area contributed by atoms with E-state index in [2.05, 4.69) is 57.0 Å². The van der Waals surface area contributed by atoms with Crippen molar-refractivity contribution in [2.75, 3.05) is 46.8 Å². The minimum absolute atomic E-state index is 1.03. The highest BCUT2D eigenvalue weighted by Crippen LogP contribution is 2.23. The fourth-order valence-electron chi connectivity index (χ4n) is 4.94. The average Bonchev–Trinajstić information content (AvgIpc) is 2.91. The molecular weight excluding hydrogens is 416 g/mol. The lowest BCUT2D eigenvalue weighted by Crippen LogP contribution is -2.29. The molecule has 3 aliphatic heterocycles. The smallest absolute Gasteiger partial charge is 0.0427 e. The van der Waals surface area contributed by atoms with Gasteiger partial charge in [-0.3, -0.25) is 9.89 Å². The molecule has 1 aromatic rings. The van der Waals surface area contributed by atoms with Crippen LogP contribution < -0.4 is 10.6 Å². The van der Waals surface area contributed by atoms with Crippen molar-refractivity contribution in [3.63, 3.8) is 0 Å². The first-order valence-electron chi connectivity index (χ1n) is 13.8. The number of piperidine rings is 1. The average molecular weight is 467 g/mol. The number of dihydropyridines is 1. The molecule has 0 radical (unpaired) electrons. The summed E-state index contributed by atoms with van der Waals surface area (Å²) in [5.41, 5.74) is 7.42. The predicted octanol–water partition coefficient (Wildman–Crippen LogP) is 6.02. The van der Waals surface area contributed by atoms with Gasteiger partial charge in [0.25, 0.3) is 0 Å². The van der Waals surface area contributed by atoms with Crippen LogP contribution in [-0.4, -0.2) is 57.4 Å². The van der Waals surface area contributed by atoms with Crippen LogP contribution in [-0.2, 0) is 13.0 Å². The molecule has 1 saturated heterocycles. The first-order valence-corrected chi connectivity index (χ1v) is 13.8. The van der Waals surface area contributed by atoms with Gasteiger partial charge in [0, 0.05) is 25.3 Å². The first-order chi connectivity index (χ1) is 16.8. The predicted molar refractivity (Wildman–Crippen MR) is 151 cm³/mol. The minimum Gasteiger partial charge on any atom is -0.323 e. The zero-order valence-electron chi connectivity index (χ0n) is 22.5. The minimum atomic E-state index is 1.03. The summed E-state index contributed by atoms with van der Waals surface area (Å²) in [7, 11) is 3.75. The Morgan fingerprint density at radius 3 is 2.53 bits per heavy atom. The quantitative estimate of drug-likeness (QED) is 0.572. The van der Waals surface area contributed by atoms with E-state index in [1.165, 1.54) is 87.7 Å². The molecule has 0 unspecified atom stereocenters. The summed E-state index contributed by atoms with van der Waals surface area (Å²) in [5, 5.41) is 6.19. The summed E-state index contributed by atoms with van der Waals surface area (Å²) < 4.78 is 0. The van der Waals surface area contributed by atoms with Crippen LogP contribution in [0.5, 0.6) is 0 Å². The molecule has 1 aliphatic carbocycles. The number of fused-ring (bicyclic) bond motifs is 2. The van der Waals surface area contributed by atoms with Gasteiger partial charge in [-0.25, -0.2) is 0 Å². The van der Waals surface area contributed by atoms with Gasteiger partial charge < -0.3 is 10.6 Å². The SMILES string of the molecule is C(=C\c1cccc2c1CCNC2)/CN1CCCCC1.C1=C2CCCCC2=NCC1.CC.CNC. The molecule has 1 saturated carbocycles. The van der Waals surface area contributed by atoms with Crippen molar-refractivity contribution < 1.29 is 0 Å². The highest BCUT2D eigenvalue weighted by atomic mass is 15.1. The third-order valence-corrected chi connectivity index (χ3v) is 6.59. The van der Waals surface area contributed by atoms with Crippen molar-refractivity contribution in [1.82, 2.24) is 15.5 Å². The molecule has 0 amide bonds. The van der Waals surface area contributed by atoms with Crippen LogP contribution in [0.25, 0.3) is 6.08 Å². The largest absolute Gasteiger partial charge is 0.323 e. The Morgan fingerprint density at radius 2 is 1.76 bits per heavy atom. The number of benzene rings is 1. The van der Waals surface area contributed by atoms with Crippen molar-refractivity contribution >= 4 is 11.8 Å². The normalized spacial score (nSPS) is 19.5. The summed E-state index contributed by atoms with van der Waals surface area (Å²) in [5.74, 6) is 0. The molecule has 4 aliphatic rings. The lowest BCUT2D eigenvalue weighted by molar-refractivity contribution is 0.252. The van der Waals surface area contributed by atoms with Crippen LogP contribution >= 0.6 is 0 Å². The van der Waals surface area contributed by atoms with Gasteiger partial charge in [0.2, 0.25) is 0 Å². The summed E-state index contributed by atoms with van der Waals surface area (Å²) in [6, 6.07) is 6.70. The van der Waals surface area contributed by atoms with Gasteiger partial charge >= 0.3 is 0 Å². The third kappa shape index (κ3) is 9.85. The van der Waals surface area contributed by atoms with E-state index in [1.54, 1.807) is 11.1 Å². The highest BCUT2D eigenvalue weighted by molar-refractivity contribution is 6.01. The van der Waals surface area contributed by atoms with E-state index >= 15 is 0 Å². The van der Waals surface area contributed by atoms with E-state index in [4.69, 9.17) is 0 Å². The number of allylic oxidation sites excluding steroid dienone is 1. The Morgan fingerprint density at radius 1 is 1.00 bits per heavy atom. The number of hydrogen-bond donors (Lipinski definition) is 2. The van der Waals surface area contributed by atoms with Crippen molar-refractivity contribution in [2.24, 2.45) is 4.99 Å². The van der Waals surface area contributed by atoms with Crippen LogP contribution in [0.4, 0.5) is 0 Å². The number of nitrogens with one attached hydrogen (secondary N) is 2. The maximum atomic E-state index is 4.50. The molecule has 2 N–H and O–H groups in total. The fraction of sp³-hybridized carbons (Fsp3) is 0.633. The summed E-state index contributed by atoms with van der Waals surface area (Å²) >= 11 is 0. The molecule has 0 aromatic heterocycles. The number of hydrogen-bond acceptors (Lipinski definition) is 4. The molecule has 4 nitrogen and oxygen atoms in total. The second kappa shape index (κ2) is 17.7. The van der Waals surface area contributed by atoms with Crippen LogP contribution in [0.1, 0.15) is 81.9 Å². The molecule has 5 rings (SSSR count). The van der Waals surface area contributed by atoms with Gasteiger partial charge in [-0.1, -0.05) is 56.7 Å². The van der Waals surface area contributed by atoms with Gasteiger partial charge in [0.15, 0.2) is 0 Å². The van der Waals surface area contributed by atoms with E-state index in [-0.39, 0.29) is 0 Å². The summed E-state index contributed by atoms with van der Waals surface area (Å²) in [6.45, 7) is 10.9. The Kier molecular flexibility index (Phi) is 14.8. The Labute approximate surface area is 210 Å². The van der Waals surface area contributed by atoms with Gasteiger partial charge in [-0.15, -0.1) is 0 Å². The molecular formula is C30H50N4. The first kappa shape index (κ1) is 28.5. The van der Waals surface area contributed by atoms with E-state index in [1.807, 2.05) is 27.9 Å². The van der Waals surface area contributed by atoms with Crippen LogP contribution in [0.3, 0.4) is 0 Å². The Hall–Kier alpha value is -1.75. The molecule has 34 heavy (non-hydrogen) atoms. The second-order valence-electron chi connectivity index (χ2n) is 9.23. The fourth-order valence-corrected chi connectivity index (χ4v) is 4.94. The Bertz CT molecular complexity index is 750. The Balaban J connectivity index is 0.000000228. The lowest BCUT2D eigenvalue weighted by Gasteiger charge is -2.25. The number of likely N-dealkylation sites (tertiary alicyclic amines) is 1. The molecule has 190 valence electrons. The number of rotatable bonds is 3. The van der Waals surface area contributed by atoms with Crippen molar-refractivity contribution in [3.8, 4) is 0 Å². The molecule has 0 bridgehead atoms. The third-order valence-electron chi connectivity index (χ3n) is 6.59. The van der Waals surface area contributed by atoms with Gasteiger partial charge in [-0.2, -0.15) is 0 Å². The molecule has 3 heterocycles. The lowest BCUT2D eigenvalue weighted by atomic mass is 9.91. The standard InChI is InChI=1S/C17H24N2.C9H13N.C2H7N.C2H6/c1-2-11-19(12-3-1)13-5-8-15-6-4-7-16-14-18-10-9-17(15)16;1-2-6-9-8(4-1)5-3-7-10-9;1-3-2;1-2/h4-8,18H,1-3,9-14H2;5H,1-4,6-7H2;3H,1-2H3;1-2H3/b8-5+;;;. The molecule has 2 fully saturated rings. The summed E-state index contributed by atoms with van der Waals surface area (Å²) in [6.07, 6.45) is 18.8. The molecule has 1 aromatic carbocycles. The highest BCUT2D eigenvalue weighted by Gasteiger charge is 2.14. The maximum absolute atomic E-state index is 4.50. The zero-order valence-corrected chi connectivity index (χ0v) is 22.5. The molecule has 4 heteroatoms. The van der Waals surface area contributed by atoms with Crippen molar-refractivity contribution in [3.05, 3.63) is 52.6 Å². The second-order valence-corrected chi connectivity index (χ2v) is 9.23. The van der Waals surface area contributed by atoms with Gasteiger partial charge in [0.05, 0.1) is 0 Å². The van der Waals surface area contributed by atoms with Crippen LogP contribution in [0, 0.1) is 0 Å². The van der Waals surface area contributed by atoms with Gasteiger partial charge in [0.1, 0.15) is 0 Å². The van der Waals surface area contributed by atoms with E-state index in [0.717, 1.165) is 26.2 Å². The van der Waals surface area contributed by atoms with E-state index in [0.29, 0.717) is 0 Å². The number of nitrogens with zero attached hydrogens (tertiary/aromatic N) is 2. The van der Waals surface area contributed by atoms with Crippen molar-refractivity contribution in [2.45, 2.75) is 78.2 Å². The molecule has 0 spiro atoms.